The van der Waals surface area contributed by atoms with Crippen LogP contribution in [0.25, 0.3) is 0 Å². The van der Waals surface area contributed by atoms with Crippen LogP contribution in [0, 0.1) is 11.8 Å². The van der Waals surface area contributed by atoms with E-state index in [1.807, 2.05) is 0 Å². The van der Waals surface area contributed by atoms with Crippen molar-refractivity contribution in [2.75, 3.05) is 6.54 Å². The fourth-order valence-corrected chi connectivity index (χ4v) is 1.37. The molecular formula is C8H15N. The molecule has 0 saturated carbocycles. The van der Waals surface area contributed by atoms with Gasteiger partial charge in [-0.05, 0) is 31.2 Å². The first kappa shape index (κ1) is 6.81. The molecule has 0 aliphatic heterocycles. The van der Waals surface area contributed by atoms with Crippen LogP contribution in [-0.2, 0) is 0 Å². The third kappa shape index (κ3) is 1.55. The summed E-state index contributed by atoms with van der Waals surface area (Å²) in [5, 5.41) is 0. The second-order valence-electron chi connectivity index (χ2n) is 2.86. The van der Waals surface area contributed by atoms with Crippen LogP contribution in [0.3, 0.4) is 0 Å². The smallest absolute Gasteiger partial charge is 0.00432 e. The Morgan fingerprint density at radius 1 is 1.67 bits per heavy atom. The van der Waals surface area contributed by atoms with Gasteiger partial charge in [0.2, 0.25) is 0 Å². The van der Waals surface area contributed by atoms with Gasteiger partial charge in [0.1, 0.15) is 0 Å². The van der Waals surface area contributed by atoms with Crippen LogP contribution in [0.2, 0.25) is 0 Å². The van der Waals surface area contributed by atoms with E-state index in [4.69, 9.17) is 5.73 Å². The molecule has 2 N–H and O–H groups in total. The monoisotopic (exact) mass is 125 g/mol. The molecule has 1 aliphatic rings. The van der Waals surface area contributed by atoms with Crippen LogP contribution in [0.5, 0.6) is 0 Å². The van der Waals surface area contributed by atoms with E-state index in [0.29, 0.717) is 5.92 Å². The maximum atomic E-state index is 5.56. The van der Waals surface area contributed by atoms with E-state index in [0.717, 1.165) is 12.5 Å². The van der Waals surface area contributed by atoms with E-state index in [1.165, 1.54) is 12.8 Å². The lowest BCUT2D eigenvalue weighted by Gasteiger charge is -2.22. The Bertz CT molecular complexity index is 107. The first-order valence-electron chi connectivity index (χ1n) is 3.71. The third-order valence-corrected chi connectivity index (χ3v) is 2.19. The van der Waals surface area contributed by atoms with Crippen LogP contribution >= 0.6 is 0 Å². The van der Waals surface area contributed by atoms with E-state index < -0.39 is 0 Å². The summed E-state index contributed by atoms with van der Waals surface area (Å²) in [5.41, 5.74) is 5.56. The highest BCUT2D eigenvalue weighted by Crippen LogP contribution is 2.22. The Kier molecular flexibility index (Phi) is 2.29. The van der Waals surface area contributed by atoms with Crippen molar-refractivity contribution in [3.8, 4) is 0 Å². The third-order valence-electron chi connectivity index (χ3n) is 2.19. The van der Waals surface area contributed by atoms with Crippen molar-refractivity contribution >= 4 is 0 Å². The maximum absolute atomic E-state index is 5.56. The molecule has 0 bridgehead atoms. The maximum Gasteiger partial charge on any atom is -0.00432 e. The van der Waals surface area contributed by atoms with E-state index in [-0.39, 0.29) is 0 Å². The van der Waals surface area contributed by atoms with Crippen molar-refractivity contribution in [1.29, 1.82) is 0 Å². The molecule has 0 aromatic rings. The molecule has 1 aliphatic carbocycles. The molecule has 0 amide bonds. The molecule has 1 heteroatoms. The second-order valence-corrected chi connectivity index (χ2v) is 2.86. The molecule has 9 heavy (non-hydrogen) atoms. The molecule has 0 saturated heterocycles. The summed E-state index contributed by atoms with van der Waals surface area (Å²) < 4.78 is 0. The van der Waals surface area contributed by atoms with E-state index in [1.54, 1.807) is 0 Å². The summed E-state index contributed by atoms with van der Waals surface area (Å²) in [6.45, 7) is 3.10. The highest BCUT2D eigenvalue weighted by Gasteiger charge is 2.14. The van der Waals surface area contributed by atoms with Gasteiger partial charge in [-0.2, -0.15) is 0 Å². The lowest BCUT2D eigenvalue weighted by molar-refractivity contribution is 0.388. The molecule has 2 atom stereocenters. The Morgan fingerprint density at radius 2 is 2.44 bits per heavy atom. The number of rotatable bonds is 1. The molecular weight excluding hydrogens is 110 g/mol. The van der Waals surface area contributed by atoms with Gasteiger partial charge in [0.15, 0.2) is 0 Å². The van der Waals surface area contributed by atoms with Gasteiger partial charge in [-0.15, -0.1) is 0 Å². The molecule has 1 rings (SSSR count). The standard InChI is InChI=1S/C8H15N/c1-7-4-2-3-5-8(7)6-9/h2,4,7-8H,3,5-6,9H2,1H3. The number of hydrogen-bond acceptors (Lipinski definition) is 1. The SMILES string of the molecule is CC1C=CCCC1CN. The summed E-state index contributed by atoms with van der Waals surface area (Å²) in [6, 6.07) is 0. The Morgan fingerprint density at radius 3 is 2.89 bits per heavy atom. The van der Waals surface area contributed by atoms with E-state index in [2.05, 4.69) is 19.1 Å². The highest BCUT2D eigenvalue weighted by molar-refractivity contribution is 4.95. The van der Waals surface area contributed by atoms with Crippen LogP contribution in [-0.4, -0.2) is 6.54 Å². The predicted molar refractivity (Wildman–Crippen MR) is 40.1 cm³/mol. The normalized spacial score (nSPS) is 34.9. The molecule has 0 fully saturated rings. The Balaban J connectivity index is 2.44. The van der Waals surface area contributed by atoms with Crippen molar-refractivity contribution in [3.05, 3.63) is 12.2 Å². The Hall–Kier alpha value is -0.300. The van der Waals surface area contributed by atoms with Gasteiger partial charge >= 0.3 is 0 Å². The minimum Gasteiger partial charge on any atom is -0.330 e. The zero-order valence-electron chi connectivity index (χ0n) is 6.01. The largest absolute Gasteiger partial charge is 0.330 e. The topological polar surface area (TPSA) is 26.0 Å². The lowest BCUT2D eigenvalue weighted by atomic mass is 9.85. The summed E-state index contributed by atoms with van der Waals surface area (Å²) in [7, 11) is 0. The average molecular weight is 125 g/mol. The van der Waals surface area contributed by atoms with Crippen molar-refractivity contribution in [1.82, 2.24) is 0 Å². The number of hydrogen-bond donors (Lipinski definition) is 1. The van der Waals surface area contributed by atoms with Crippen LogP contribution < -0.4 is 5.73 Å². The first-order chi connectivity index (χ1) is 4.34. The van der Waals surface area contributed by atoms with Gasteiger partial charge < -0.3 is 5.73 Å². The summed E-state index contributed by atoms with van der Waals surface area (Å²) in [4.78, 5) is 0. The zero-order chi connectivity index (χ0) is 6.69. The number of allylic oxidation sites excluding steroid dienone is 2. The molecule has 0 spiro atoms. The van der Waals surface area contributed by atoms with Gasteiger partial charge in [-0.25, -0.2) is 0 Å². The molecule has 1 nitrogen and oxygen atoms in total. The minimum atomic E-state index is 0.712. The summed E-state index contributed by atoms with van der Waals surface area (Å²) in [6.07, 6.45) is 7.05. The van der Waals surface area contributed by atoms with Crippen LogP contribution in [0.1, 0.15) is 19.8 Å². The zero-order valence-corrected chi connectivity index (χ0v) is 6.01. The van der Waals surface area contributed by atoms with E-state index >= 15 is 0 Å². The molecule has 2 unspecified atom stereocenters. The molecule has 0 radical (unpaired) electrons. The summed E-state index contributed by atoms with van der Waals surface area (Å²) in [5.74, 6) is 1.46. The average Bonchev–Trinajstić information content (AvgIpc) is 1.89. The second kappa shape index (κ2) is 3.02. The van der Waals surface area contributed by atoms with Gasteiger partial charge in [0, 0.05) is 0 Å². The quantitative estimate of drug-likeness (QED) is 0.529. The first-order valence-corrected chi connectivity index (χ1v) is 3.71. The van der Waals surface area contributed by atoms with Gasteiger partial charge in [-0.1, -0.05) is 19.1 Å². The fourth-order valence-electron chi connectivity index (χ4n) is 1.37. The van der Waals surface area contributed by atoms with Gasteiger partial charge in [-0.3, -0.25) is 0 Å². The fraction of sp³-hybridized carbons (Fsp3) is 0.750. The van der Waals surface area contributed by atoms with Gasteiger partial charge in [0.25, 0.3) is 0 Å². The molecule has 0 aromatic heterocycles. The van der Waals surface area contributed by atoms with Crippen molar-refractivity contribution in [2.45, 2.75) is 19.8 Å². The number of nitrogens with two attached hydrogens (primary N) is 1. The minimum absolute atomic E-state index is 0.712. The van der Waals surface area contributed by atoms with Crippen LogP contribution in [0.4, 0.5) is 0 Å². The van der Waals surface area contributed by atoms with Crippen molar-refractivity contribution in [3.63, 3.8) is 0 Å². The van der Waals surface area contributed by atoms with Crippen LogP contribution in [0.15, 0.2) is 12.2 Å². The van der Waals surface area contributed by atoms with Crippen molar-refractivity contribution in [2.24, 2.45) is 17.6 Å². The van der Waals surface area contributed by atoms with E-state index in [9.17, 15) is 0 Å². The molecule has 52 valence electrons. The predicted octanol–water partition coefficient (Wildman–Crippen LogP) is 1.55. The highest BCUT2D eigenvalue weighted by atomic mass is 14.6. The van der Waals surface area contributed by atoms with Gasteiger partial charge in [0.05, 0.1) is 0 Å². The Labute approximate surface area is 56.9 Å². The molecule has 0 heterocycles. The molecule has 0 aromatic carbocycles. The summed E-state index contributed by atoms with van der Waals surface area (Å²) >= 11 is 0. The van der Waals surface area contributed by atoms with Crippen molar-refractivity contribution < 1.29 is 0 Å². The lowest BCUT2D eigenvalue weighted by Crippen LogP contribution is -2.21.